The van der Waals surface area contributed by atoms with Crippen molar-refractivity contribution in [1.82, 2.24) is 29.4 Å². The fourth-order valence-electron chi connectivity index (χ4n) is 3.81. The first-order chi connectivity index (χ1) is 13.9. The van der Waals surface area contributed by atoms with E-state index >= 15 is 0 Å². The molecule has 1 atom stereocenters. The molecule has 1 amide bonds. The normalized spacial score (nSPS) is 16.2. The Balaban J connectivity index is 1.56. The Morgan fingerprint density at radius 1 is 1.10 bits per heavy atom. The van der Waals surface area contributed by atoms with E-state index in [0.717, 1.165) is 34.3 Å². The zero-order valence-electron chi connectivity index (χ0n) is 17.5. The SMILES string of the molecule is COc1ccc(CN2Cc3nnc(Cn4nc(C)c(C)c4C)n3[C@@H](C)C2=O)cc1. The summed E-state index contributed by atoms with van der Waals surface area (Å²) < 4.78 is 9.09. The van der Waals surface area contributed by atoms with Crippen LogP contribution in [0, 0.1) is 20.8 Å². The first-order valence-corrected chi connectivity index (χ1v) is 9.74. The van der Waals surface area contributed by atoms with Crippen LogP contribution < -0.4 is 4.74 Å². The number of amides is 1. The lowest BCUT2D eigenvalue weighted by atomic mass is 10.1. The van der Waals surface area contributed by atoms with Crippen molar-refractivity contribution in [2.24, 2.45) is 0 Å². The molecule has 0 aliphatic carbocycles. The molecule has 2 aromatic heterocycles. The monoisotopic (exact) mass is 394 g/mol. The molecule has 1 aliphatic heterocycles. The molecule has 152 valence electrons. The van der Waals surface area contributed by atoms with Crippen molar-refractivity contribution >= 4 is 5.91 Å². The van der Waals surface area contributed by atoms with Crippen molar-refractivity contribution in [1.29, 1.82) is 0 Å². The number of hydrogen-bond acceptors (Lipinski definition) is 5. The van der Waals surface area contributed by atoms with E-state index < -0.39 is 0 Å². The van der Waals surface area contributed by atoms with Crippen LogP contribution in [-0.2, 0) is 24.4 Å². The lowest BCUT2D eigenvalue weighted by Crippen LogP contribution is -2.41. The summed E-state index contributed by atoms with van der Waals surface area (Å²) in [5.41, 5.74) is 4.35. The first kappa shape index (κ1) is 19.2. The minimum absolute atomic E-state index is 0.0684. The van der Waals surface area contributed by atoms with Gasteiger partial charge in [-0.1, -0.05) is 12.1 Å². The van der Waals surface area contributed by atoms with Crippen LogP contribution in [0.15, 0.2) is 24.3 Å². The first-order valence-electron chi connectivity index (χ1n) is 9.74. The number of aryl methyl sites for hydroxylation is 1. The number of aromatic nitrogens is 5. The highest BCUT2D eigenvalue weighted by atomic mass is 16.5. The molecule has 0 saturated carbocycles. The number of rotatable bonds is 5. The summed E-state index contributed by atoms with van der Waals surface area (Å²) in [4.78, 5) is 14.9. The van der Waals surface area contributed by atoms with E-state index in [2.05, 4.69) is 22.2 Å². The highest BCUT2D eigenvalue weighted by Gasteiger charge is 2.33. The van der Waals surface area contributed by atoms with Crippen LogP contribution in [0.4, 0.5) is 0 Å². The molecular weight excluding hydrogens is 368 g/mol. The number of fused-ring (bicyclic) bond motifs is 1. The van der Waals surface area contributed by atoms with Gasteiger partial charge in [0.1, 0.15) is 18.3 Å². The molecule has 1 aromatic carbocycles. The van der Waals surface area contributed by atoms with E-state index in [0.29, 0.717) is 19.6 Å². The molecule has 8 nitrogen and oxygen atoms in total. The molecule has 3 aromatic rings. The van der Waals surface area contributed by atoms with Gasteiger partial charge in [-0.25, -0.2) is 0 Å². The Morgan fingerprint density at radius 2 is 1.83 bits per heavy atom. The van der Waals surface area contributed by atoms with Crippen LogP contribution in [0.5, 0.6) is 5.75 Å². The zero-order valence-corrected chi connectivity index (χ0v) is 17.5. The van der Waals surface area contributed by atoms with Crippen LogP contribution in [0.1, 0.15) is 47.1 Å². The number of hydrogen-bond donors (Lipinski definition) is 0. The number of benzene rings is 1. The molecule has 8 heteroatoms. The summed E-state index contributed by atoms with van der Waals surface area (Å²) >= 11 is 0. The van der Waals surface area contributed by atoms with Gasteiger partial charge in [0.2, 0.25) is 5.91 Å². The van der Waals surface area contributed by atoms with E-state index in [-0.39, 0.29) is 11.9 Å². The highest BCUT2D eigenvalue weighted by molar-refractivity contribution is 5.81. The fourth-order valence-corrected chi connectivity index (χ4v) is 3.81. The maximum Gasteiger partial charge on any atom is 0.246 e. The van der Waals surface area contributed by atoms with Crippen LogP contribution >= 0.6 is 0 Å². The van der Waals surface area contributed by atoms with E-state index in [1.807, 2.05) is 59.2 Å². The molecule has 0 unspecified atom stereocenters. The average Bonchev–Trinajstić information content (AvgIpc) is 3.22. The molecule has 4 rings (SSSR count). The molecular formula is C21H26N6O2. The van der Waals surface area contributed by atoms with Gasteiger partial charge in [-0.2, -0.15) is 5.10 Å². The number of carbonyl (C=O) groups excluding carboxylic acids is 1. The van der Waals surface area contributed by atoms with Crippen molar-refractivity contribution in [2.45, 2.75) is 53.4 Å². The van der Waals surface area contributed by atoms with Gasteiger partial charge < -0.3 is 9.64 Å². The summed E-state index contributed by atoms with van der Waals surface area (Å²) in [7, 11) is 1.64. The smallest absolute Gasteiger partial charge is 0.246 e. The van der Waals surface area contributed by atoms with Crippen molar-refractivity contribution in [3.05, 3.63) is 58.4 Å². The van der Waals surface area contributed by atoms with E-state index in [9.17, 15) is 4.79 Å². The molecule has 0 radical (unpaired) electrons. The maximum atomic E-state index is 13.0. The molecule has 0 fully saturated rings. The standard InChI is InChI=1S/C21H26N6O2/c1-13-14(2)24-26(15(13)3)12-20-23-22-19-11-25(21(28)16(4)27(19)20)10-17-6-8-18(29-5)9-7-17/h6-9,16H,10-12H2,1-5H3/t16-/m0/s1. The highest BCUT2D eigenvalue weighted by Crippen LogP contribution is 2.25. The quantitative estimate of drug-likeness (QED) is 0.665. The number of ether oxygens (including phenoxy) is 1. The minimum atomic E-state index is -0.347. The average molecular weight is 394 g/mol. The Kier molecular flexibility index (Phi) is 4.86. The topological polar surface area (TPSA) is 78.1 Å². The third kappa shape index (κ3) is 3.39. The van der Waals surface area contributed by atoms with Gasteiger partial charge >= 0.3 is 0 Å². The summed E-state index contributed by atoms with van der Waals surface area (Å²) in [5, 5.41) is 13.3. The molecule has 3 heterocycles. The van der Waals surface area contributed by atoms with Crippen molar-refractivity contribution in [3.8, 4) is 5.75 Å². The van der Waals surface area contributed by atoms with E-state index in [1.165, 1.54) is 5.56 Å². The van der Waals surface area contributed by atoms with Crippen LogP contribution in [0.3, 0.4) is 0 Å². The zero-order chi connectivity index (χ0) is 20.7. The summed E-state index contributed by atoms with van der Waals surface area (Å²) in [5.74, 6) is 2.43. The fraction of sp³-hybridized carbons (Fsp3) is 0.429. The lowest BCUT2D eigenvalue weighted by Gasteiger charge is -2.32. The lowest BCUT2D eigenvalue weighted by molar-refractivity contribution is -0.137. The van der Waals surface area contributed by atoms with Gasteiger partial charge in [-0.3, -0.25) is 14.0 Å². The largest absolute Gasteiger partial charge is 0.497 e. The second-order valence-corrected chi connectivity index (χ2v) is 7.57. The third-order valence-electron chi connectivity index (χ3n) is 5.79. The number of carbonyl (C=O) groups is 1. The molecule has 0 N–H and O–H groups in total. The number of nitrogens with zero attached hydrogens (tertiary/aromatic N) is 6. The second kappa shape index (κ2) is 7.35. The molecule has 0 spiro atoms. The molecule has 0 bridgehead atoms. The molecule has 1 aliphatic rings. The predicted molar refractivity (Wildman–Crippen MR) is 108 cm³/mol. The van der Waals surface area contributed by atoms with Gasteiger partial charge in [0, 0.05) is 12.2 Å². The van der Waals surface area contributed by atoms with Gasteiger partial charge in [0.25, 0.3) is 0 Å². The van der Waals surface area contributed by atoms with E-state index in [4.69, 9.17) is 4.74 Å². The maximum absolute atomic E-state index is 13.0. The van der Waals surface area contributed by atoms with Gasteiger partial charge in [0.15, 0.2) is 11.6 Å². The van der Waals surface area contributed by atoms with Crippen molar-refractivity contribution in [3.63, 3.8) is 0 Å². The Morgan fingerprint density at radius 3 is 2.45 bits per heavy atom. The Hall–Kier alpha value is -3.16. The van der Waals surface area contributed by atoms with Gasteiger partial charge in [0.05, 0.1) is 19.3 Å². The van der Waals surface area contributed by atoms with Gasteiger partial charge in [-0.15, -0.1) is 10.2 Å². The van der Waals surface area contributed by atoms with Gasteiger partial charge in [-0.05, 0) is 51.0 Å². The van der Waals surface area contributed by atoms with Crippen LogP contribution in [-0.4, -0.2) is 42.5 Å². The van der Waals surface area contributed by atoms with Crippen molar-refractivity contribution in [2.75, 3.05) is 7.11 Å². The number of methoxy groups -OCH3 is 1. The second-order valence-electron chi connectivity index (χ2n) is 7.57. The summed E-state index contributed by atoms with van der Waals surface area (Å²) in [6, 6.07) is 7.42. The van der Waals surface area contributed by atoms with Crippen molar-refractivity contribution < 1.29 is 9.53 Å². The van der Waals surface area contributed by atoms with Crippen LogP contribution in [0.25, 0.3) is 0 Å². The molecule has 29 heavy (non-hydrogen) atoms. The molecule has 0 saturated heterocycles. The van der Waals surface area contributed by atoms with E-state index in [1.54, 1.807) is 7.11 Å². The summed E-state index contributed by atoms with van der Waals surface area (Å²) in [6.07, 6.45) is 0. The predicted octanol–water partition coefficient (Wildman–Crippen LogP) is 2.56. The Bertz CT molecular complexity index is 1050. The summed E-state index contributed by atoms with van der Waals surface area (Å²) in [6.45, 7) is 9.51. The Labute approximate surface area is 170 Å². The third-order valence-corrected chi connectivity index (χ3v) is 5.79. The minimum Gasteiger partial charge on any atom is -0.497 e. The van der Waals surface area contributed by atoms with Crippen LogP contribution in [0.2, 0.25) is 0 Å².